The highest BCUT2D eigenvalue weighted by Gasteiger charge is 2.22. The van der Waals surface area contributed by atoms with Crippen LogP contribution in [0.1, 0.15) is 6.42 Å². The number of oxazole rings is 1. The molecule has 1 fully saturated rings. The van der Waals surface area contributed by atoms with Crippen LogP contribution >= 0.6 is 0 Å². The number of hydrogen-bond acceptors (Lipinski definition) is 5. The summed E-state index contributed by atoms with van der Waals surface area (Å²) in [4.78, 5) is 40.0. The number of hydrogen-bond donors (Lipinski definition) is 1. The molecule has 0 radical (unpaired) electrons. The standard InChI is InChI=1S/C19H24N4O4/c1-2-8-20-17(24)14-21-10-12-22(13-11-21)18(25)7-9-23-15-5-3-4-6-16(15)27-19(23)26/h2-6H,1,7-14H2,(H,20,24). The van der Waals surface area contributed by atoms with Crippen molar-refractivity contribution < 1.29 is 14.0 Å². The molecule has 8 nitrogen and oxygen atoms in total. The Hall–Kier alpha value is -2.87. The molecule has 27 heavy (non-hydrogen) atoms. The summed E-state index contributed by atoms with van der Waals surface area (Å²) in [6.07, 6.45) is 1.88. The van der Waals surface area contributed by atoms with E-state index in [1.807, 2.05) is 11.0 Å². The van der Waals surface area contributed by atoms with E-state index < -0.39 is 5.76 Å². The van der Waals surface area contributed by atoms with E-state index in [2.05, 4.69) is 11.9 Å². The van der Waals surface area contributed by atoms with Crippen LogP contribution in [0.3, 0.4) is 0 Å². The molecular formula is C19H24N4O4. The minimum absolute atomic E-state index is 0.00272. The predicted octanol–water partition coefficient (Wildman–Crippen LogP) is 0.431. The molecule has 1 aliphatic heterocycles. The maximum atomic E-state index is 12.5. The fraction of sp³-hybridized carbons (Fsp3) is 0.421. The zero-order chi connectivity index (χ0) is 19.2. The highest BCUT2D eigenvalue weighted by atomic mass is 16.4. The van der Waals surface area contributed by atoms with Crippen molar-refractivity contribution >= 4 is 22.9 Å². The van der Waals surface area contributed by atoms with Gasteiger partial charge in [0.25, 0.3) is 0 Å². The zero-order valence-electron chi connectivity index (χ0n) is 15.2. The number of rotatable bonds is 7. The normalized spacial score (nSPS) is 15.0. The van der Waals surface area contributed by atoms with E-state index in [0.29, 0.717) is 56.9 Å². The number of nitrogens with one attached hydrogen (secondary N) is 1. The molecule has 2 heterocycles. The van der Waals surface area contributed by atoms with Crippen LogP contribution in [0.5, 0.6) is 0 Å². The van der Waals surface area contributed by atoms with Crippen molar-refractivity contribution in [3.63, 3.8) is 0 Å². The number of piperazine rings is 1. The summed E-state index contributed by atoms with van der Waals surface area (Å²) in [6, 6.07) is 7.18. The highest BCUT2D eigenvalue weighted by Crippen LogP contribution is 2.12. The Labute approximate surface area is 157 Å². The lowest BCUT2D eigenvalue weighted by Gasteiger charge is -2.34. The van der Waals surface area contributed by atoms with Gasteiger partial charge >= 0.3 is 5.76 Å². The average Bonchev–Trinajstić information content (AvgIpc) is 3.00. The van der Waals surface area contributed by atoms with Gasteiger partial charge in [-0.15, -0.1) is 6.58 Å². The first-order chi connectivity index (χ1) is 13.1. The predicted molar refractivity (Wildman–Crippen MR) is 101 cm³/mol. The van der Waals surface area contributed by atoms with Gasteiger partial charge in [-0.3, -0.25) is 19.1 Å². The van der Waals surface area contributed by atoms with Gasteiger partial charge in [-0.2, -0.15) is 0 Å². The number of carbonyl (C=O) groups is 2. The van der Waals surface area contributed by atoms with Gasteiger partial charge in [-0.1, -0.05) is 18.2 Å². The van der Waals surface area contributed by atoms with E-state index in [9.17, 15) is 14.4 Å². The molecule has 0 saturated carbocycles. The van der Waals surface area contributed by atoms with Crippen LogP contribution in [0.2, 0.25) is 0 Å². The Morgan fingerprint density at radius 3 is 2.67 bits per heavy atom. The van der Waals surface area contributed by atoms with Crippen LogP contribution in [0, 0.1) is 0 Å². The molecule has 1 saturated heterocycles. The monoisotopic (exact) mass is 372 g/mol. The van der Waals surface area contributed by atoms with Crippen LogP contribution < -0.4 is 11.1 Å². The van der Waals surface area contributed by atoms with E-state index in [0.717, 1.165) is 0 Å². The summed E-state index contributed by atoms with van der Waals surface area (Å²) >= 11 is 0. The summed E-state index contributed by atoms with van der Waals surface area (Å²) in [5, 5.41) is 2.75. The first kappa shape index (κ1) is 18.9. The number of amides is 2. The molecule has 0 spiro atoms. The van der Waals surface area contributed by atoms with E-state index >= 15 is 0 Å². The molecule has 2 aromatic rings. The number of aromatic nitrogens is 1. The molecule has 0 atom stereocenters. The number of para-hydroxylation sites is 2. The molecule has 8 heteroatoms. The number of nitrogens with zero attached hydrogens (tertiary/aromatic N) is 3. The fourth-order valence-corrected chi connectivity index (χ4v) is 3.19. The number of carbonyl (C=O) groups excluding carboxylic acids is 2. The lowest BCUT2D eigenvalue weighted by Crippen LogP contribution is -2.51. The van der Waals surface area contributed by atoms with Gasteiger partial charge in [-0.05, 0) is 12.1 Å². The van der Waals surface area contributed by atoms with Gasteiger partial charge in [0.15, 0.2) is 5.58 Å². The highest BCUT2D eigenvalue weighted by molar-refractivity contribution is 5.78. The third-order valence-electron chi connectivity index (χ3n) is 4.66. The van der Waals surface area contributed by atoms with Gasteiger partial charge in [0.05, 0.1) is 12.1 Å². The zero-order valence-corrected chi connectivity index (χ0v) is 15.2. The van der Waals surface area contributed by atoms with Crippen molar-refractivity contribution in [3.05, 3.63) is 47.5 Å². The summed E-state index contributed by atoms with van der Waals surface area (Å²) in [6.45, 7) is 7.11. The fourth-order valence-electron chi connectivity index (χ4n) is 3.19. The summed E-state index contributed by atoms with van der Waals surface area (Å²) in [5.74, 6) is -0.483. The van der Waals surface area contributed by atoms with Crippen LogP contribution in [-0.2, 0) is 16.1 Å². The third kappa shape index (κ3) is 4.65. The van der Waals surface area contributed by atoms with Crippen LogP contribution in [0.25, 0.3) is 11.1 Å². The van der Waals surface area contributed by atoms with Crippen molar-refractivity contribution in [1.82, 2.24) is 19.7 Å². The minimum Gasteiger partial charge on any atom is -0.408 e. The number of aryl methyl sites for hydroxylation is 1. The van der Waals surface area contributed by atoms with Gasteiger partial charge in [0, 0.05) is 45.7 Å². The Kier molecular flexibility index (Phi) is 6.08. The van der Waals surface area contributed by atoms with Crippen molar-refractivity contribution in [3.8, 4) is 0 Å². The largest absolute Gasteiger partial charge is 0.419 e. The molecule has 1 aromatic heterocycles. The van der Waals surface area contributed by atoms with Crippen molar-refractivity contribution in [2.24, 2.45) is 0 Å². The topological polar surface area (TPSA) is 87.8 Å². The second-order valence-electron chi connectivity index (χ2n) is 6.49. The van der Waals surface area contributed by atoms with Crippen molar-refractivity contribution in [1.29, 1.82) is 0 Å². The minimum atomic E-state index is -0.445. The van der Waals surface area contributed by atoms with Gasteiger partial charge < -0.3 is 14.6 Å². The van der Waals surface area contributed by atoms with Crippen LogP contribution in [0.4, 0.5) is 0 Å². The number of fused-ring (bicyclic) bond motifs is 1. The quantitative estimate of drug-likeness (QED) is 0.712. The van der Waals surface area contributed by atoms with Gasteiger partial charge in [0.2, 0.25) is 11.8 Å². The summed E-state index contributed by atoms with van der Waals surface area (Å²) in [5.41, 5.74) is 1.23. The van der Waals surface area contributed by atoms with E-state index in [1.165, 1.54) is 4.57 Å². The molecule has 0 bridgehead atoms. The van der Waals surface area contributed by atoms with Crippen LogP contribution in [-0.4, -0.2) is 65.4 Å². The Bertz CT molecular complexity index is 877. The molecule has 0 unspecified atom stereocenters. The molecule has 0 aliphatic carbocycles. The Morgan fingerprint density at radius 1 is 1.19 bits per heavy atom. The van der Waals surface area contributed by atoms with E-state index in [4.69, 9.17) is 4.42 Å². The second-order valence-corrected chi connectivity index (χ2v) is 6.49. The van der Waals surface area contributed by atoms with E-state index in [-0.39, 0.29) is 18.2 Å². The first-order valence-electron chi connectivity index (χ1n) is 9.04. The lowest BCUT2D eigenvalue weighted by molar-refractivity contribution is -0.133. The molecule has 3 rings (SSSR count). The van der Waals surface area contributed by atoms with Crippen LogP contribution in [0.15, 0.2) is 46.1 Å². The van der Waals surface area contributed by atoms with Gasteiger partial charge in [0.1, 0.15) is 0 Å². The molecule has 1 aromatic carbocycles. The summed E-state index contributed by atoms with van der Waals surface area (Å²) < 4.78 is 6.68. The molecule has 1 aliphatic rings. The maximum absolute atomic E-state index is 12.5. The molecular weight excluding hydrogens is 348 g/mol. The lowest BCUT2D eigenvalue weighted by atomic mass is 10.2. The second kappa shape index (κ2) is 8.68. The molecule has 1 N–H and O–H groups in total. The average molecular weight is 372 g/mol. The van der Waals surface area contributed by atoms with Gasteiger partial charge in [-0.25, -0.2) is 4.79 Å². The van der Waals surface area contributed by atoms with E-state index in [1.54, 1.807) is 29.2 Å². The smallest absolute Gasteiger partial charge is 0.408 e. The first-order valence-corrected chi connectivity index (χ1v) is 9.04. The van der Waals surface area contributed by atoms with Crippen molar-refractivity contribution in [2.45, 2.75) is 13.0 Å². The maximum Gasteiger partial charge on any atom is 0.419 e. The Morgan fingerprint density at radius 2 is 1.93 bits per heavy atom. The molecule has 2 amide bonds. The number of benzene rings is 1. The third-order valence-corrected chi connectivity index (χ3v) is 4.66. The Balaban J connectivity index is 1.48. The SMILES string of the molecule is C=CCNC(=O)CN1CCN(C(=O)CCn2c(=O)oc3ccccc32)CC1. The van der Waals surface area contributed by atoms with Crippen molar-refractivity contribution in [2.75, 3.05) is 39.3 Å². The molecule has 144 valence electrons. The summed E-state index contributed by atoms with van der Waals surface area (Å²) in [7, 11) is 0.